The summed E-state index contributed by atoms with van der Waals surface area (Å²) >= 11 is 0. The summed E-state index contributed by atoms with van der Waals surface area (Å²) in [7, 11) is 1.72. The van der Waals surface area contributed by atoms with Gasteiger partial charge in [-0.25, -0.2) is 0 Å². The van der Waals surface area contributed by atoms with Crippen LogP contribution in [0.1, 0.15) is 0 Å². The number of rotatable bonds is 5. The second kappa shape index (κ2) is 6.58. The normalized spacial score (nSPS) is 9.50. The average molecular weight is 171 g/mol. The van der Waals surface area contributed by atoms with E-state index in [1.165, 1.54) is 0 Å². The van der Waals surface area contributed by atoms with E-state index in [4.69, 9.17) is 10.4 Å². The molecule has 0 unspecified atom stereocenters. The van der Waals surface area contributed by atoms with Gasteiger partial charge in [-0.2, -0.15) is 5.26 Å². The molecule has 0 fully saturated rings. The number of nitrogens with zero attached hydrogens (tertiary/aromatic N) is 2. The lowest BCUT2D eigenvalue weighted by atomic mass is 10.5. The highest BCUT2D eigenvalue weighted by atomic mass is 16.3. The van der Waals surface area contributed by atoms with Gasteiger partial charge in [-0.15, -0.1) is 0 Å². The number of nitriles is 1. The van der Waals surface area contributed by atoms with Gasteiger partial charge in [-0.3, -0.25) is 9.69 Å². The third-order valence-corrected chi connectivity index (χ3v) is 1.26. The summed E-state index contributed by atoms with van der Waals surface area (Å²) in [5, 5.41) is 19.0. The van der Waals surface area contributed by atoms with Gasteiger partial charge >= 0.3 is 0 Å². The van der Waals surface area contributed by atoms with Crippen molar-refractivity contribution in [2.24, 2.45) is 0 Å². The molecular formula is C7H13N3O2. The van der Waals surface area contributed by atoms with Crippen LogP contribution in [0.4, 0.5) is 0 Å². The Labute approximate surface area is 71.6 Å². The lowest BCUT2D eigenvalue weighted by molar-refractivity contribution is -0.121. The molecule has 0 saturated carbocycles. The minimum atomic E-state index is -0.201. The van der Waals surface area contributed by atoms with Crippen LogP contribution in [0.2, 0.25) is 0 Å². The first-order valence-electron chi connectivity index (χ1n) is 3.63. The molecule has 0 atom stereocenters. The average Bonchev–Trinajstić information content (AvgIpc) is 2.01. The third kappa shape index (κ3) is 5.65. The van der Waals surface area contributed by atoms with Crippen LogP contribution in [0, 0.1) is 11.3 Å². The van der Waals surface area contributed by atoms with E-state index in [0.29, 0.717) is 6.54 Å². The molecule has 0 spiro atoms. The molecule has 0 aliphatic rings. The number of hydrogen-bond acceptors (Lipinski definition) is 4. The van der Waals surface area contributed by atoms with Crippen LogP contribution in [0.3, 0.4) is 0 Å². The molecule has 0 aromatic rings. The Morgan fingerprint density at radius 1 is 1.75 bits per heavy atom. The first-order valence-corrected chi connectivity index (χ1v) is 3.63. The summed E-state index contributed by atoms with van der Waals surface area (Å²) in [6, 6.07) is 1.80. The molecule has 0 aliphatic carbocycles. The maximum Gasteiger partial charge on any atom is 0.234 e. The van der Waals surface area contributed by atoms with Gasteiger partial charge in [-0.1, -0.05) is 0 Å². The Morgan fingerprint density at radius 2 is 2.42 bits per heavy atom. The lowest BCUT2D eigenvalue weighted by Crippen LogP contribution is -2.36. The maximum atomic E-state index is 10.9. The molecule has 0 saturated heterocycles. The molecule has 0 heterocycles. The molecule has 0 aromatic heterocycles. The van der Waals surface area contributed by atoms with Gasteiger partial charge < -0.3 is 10.4 Å². The quantitative estimate of drug-likeness (QED) is 0.496. The first-order chi connectivity index (χ1) is 5.70. The van der Waals surface area contributed by atoms with Gasteiger partial charge in [0.2, 0.25) is 5.91 Å². The fraction of sp³-hybridized carbons (Fsp3) is 0.714. The van der Waals surface area contributed by atoms with Crippen LogP contribution < -0.4 is 5.32 Å². The monoisotopic (exact) mass is 171 g/mol. The first kappa shape index (κ1) is 10.9. The molecule has 0 aliphatic heterocycles. The summed E-state index contributed by atoms with van der Waals surface area (Å²) in [5.74, 6) is -0.201. The Bertz CT molecular complexity index is 176. The van der Waals surface area contributed by atoms with Crippen molar-refractivity contribution in [2.45, 2.75) is 0 Å². The van der Waals surface area contributed by atoms with Crippen LogP contribution in [0.5, 0.6) is 0 Å². The lowest BCUT2D eigenvalue weighted by Gasteiger charge is -2.13. The van der Waals surface area contributed by atoms with Gasteiger partial charge in [-0.05, 0) is 7.05 Å². The molecule has 12 heavy (non-hydrogen) atoms. The van der Waals surface area contributed by atoms with E-state index in [1.54, 1.807) is 18.0 Å². The summed E-state index contributed by atoms with van der Waals surface area (Å²) in [5.41, 5.74) is 0. The topological polar surface area (TPSA) is 76.4 Å². The van der Waals surface area contributed by atoms with Crippen LogP contribution in [-0.2, 0) is 4.79 Å². The van der Waals surface area contributed by atoms with E-state index in [1.807, 2.05) is 0 Å². The summed E-state index contributed by atoms with van der Waals surface area (Å²) in [4.78, 5) is 12.6. The number of nitrogens with one attached hydrogen (secondary N) is 1. The van der Waals surface area contributed by atoms with Crippen molar-refractivity contribution < 1.29 is 9.90 Å². The highest BCUT2D eigenvalue weighted by Gasteiger charge is 2.03. The zero-order chi connectivity index (χ0) is 9.40. The second-order valence-electron chi connectivity index (χ2n) is 2.40. The van der Waals surface area contributed by atoms with E-state index in [-0.39, 0.29) is 25.6 Å². The van der Waals surface area contributed by atoms with Crippen molar-refractivity contribution in [3.8, 4) is 6.07 Å². The van der Waals surface area contributed by atoms with E-state index >= 15 is 0 Å². The zero-order valence-electron chi connectivity index (χ0n) is 7.08. The van der Waals surface area contributed by atoms with Crippen molar-refractivity contribution in [2.75, 3.05) is 33.3 Å². The number of carbonyl (C=O) groups excluding carboxylic acids is 1. The number of carbonyl (C=O) groups is 1. The highest BCUT2D eigenvalue weighted by Crippen LogP contribution is 1.79. The van der Waals surface area contributed by atoms with Gasteiger partial charge in [0.15, 0.2) is 0 Å². The highest BCUT2D eigenvalue weighted by molar-refractivity contribution is 5.78. The van der Waals surface area contributed by atoms with Crippen molar-refractivity contribution >= 4 is 5.91 Å². The van der Waals surface area contributed by atoms with Crippen molar-refractivity contribution in [1.29, 1.82) is 5.26 Å². The molecular weight excluding hydrogens is 158 g/mol. The minimum Gasteiger partial charge on any atom is -0.395 e. The number of amides is 1. The summed E-state index contributed by atoms with van der Waals surface area (Å²) in [6.07, 6.45) is 0. The van der Waals surface area contributed by atoms with Gasteiger partial charge in [0.25, 0.3) is 0 Å². The van der Waals surface area contributed by atoms with E-state index < -0.39 is 0 Å². The molecule has 5 heteroatoms. The molecule has 0 rings (SSSR count). The predicted molar refractivity (Wildman–Crippen MR) is 43.2 cm³/mol. The Morgan fingerprint density at radius 3 is 2.92 bits per heavy atom. The Balaban J connectivity index is 3.48. The van der Waals surface area contributed by atoms with Crippen LogP contribution in [0.25, 0.3) is 0 Å². The molecule has 68 valence electrons. The number of aliphatic hydroxyl groups excluding tert-OH is 1. The van der Waals surface area contributed by atoms with Crippen LogP contribution in [0.15, 0.2) is 0 Å². The van der Waals surface area contributed by atoms with Gasteiger partial charge in [0.1, 0.15) is 6.54 Å². The van der Waals surface area contributed by atoms with E-state index in [2.05, 4.69) is 5.32 Å². The van der Waals surface area contributed by atoms with Gasteiger partial charge in [0.05, 0.1) is 19.2 Å². The summed E-state index contributed by atoms with van der Waals surface area (Å²) < 4.78 is 0. The second-order valence-corrected chi connectivity index (χ2v) is 2.40. The molecule has 5 nitrogen and oxygen atoms in total. The van der Waals surface area contributed by atoms with Crippen LogP contribution >= 0.6 is 0 Å². The van der Waals surface area contributed by atoms with Crippen molar-refractivity contribution in [1.82, 2.24) is 10.2 Å². The number of likely N-dealkylation sites (N-methyl/N-ethyl adjacent to an activating group) is 1. The largest absolute Gasteiger partial charge is 0.395 e. The van der Waals surface area contributed by atoms with Gasteiger partial charge in [0, 0.05) is 6.54 Å². The number of hydrogen-bond donors (Lipinski definition) is 2. The van der Waals surface area contributed by atoms with E-state index in [9.17, 15) is 4.79 Å². The minimum absolute atomic E-state index is 0.0298. The Kier molecular flexibility index (Phi) is 5.97. The van der Waals surface area contributed by atoms with E-state index in [0.717, 1.165) is 0 Å². The van der Waals surface area contributed by atoms with Crippen molar-refractivity contribution in [3.63, 3.8) is 0 Å². The van der Waals surface area contributed by atoms with Crippen molar-refractivity contribution in [3.05, 3.63) is 0 Å². The standard InChI is InChI=1S/C7H13N3O2/c1-10(4-5-11)6-7(12)9-3-2-8/h11H,3-6H2,1H3,(H,9,12). The predicted octanol–water partition coefficient (Wildman–Crippen LogP) is -1.45. The molecule has 0 aromatic carbocycles. The zero-order valence-corrected chi connectivity index (χ0v) is 7.08. The summed E-state index contributed by atoms with van der Waals surface area (Å²) in [6.45, 7) is 0.732. The third-order valence-electron chi connectivity index (χ3n) is 1.26. The molecule has 0 bridgehead atoms. The SMILES string of the molecule is CN(CCO)CC(=O)NCC#N. The van der Waals surface area contributed by atoms with Crippen LogP contribution in [-0.4, -0.2) is 49.2 Å². The molecule has 0 radical (unpaired) electrons. The Hall–Kier alpha value is -1.12. The molecule has 2 N–H and O–H groups in total. The fourth-order valence-electron chi connectivity index (χ4n) is 0.689. The molecule has 1 amide bonds. The smallest absolute Gasteiger partial charge is 0.234 e. The maximum absolute atomic E-state index is 10.9. The fourth-order valence-corrected chi connectivity index (χ4v) is 0.689. The number of aliphatic hydroxyl groups is 1.